The number of rotatable bonds is 3. The highest BCUT2D eigenvalue weighted by molar-refractivity contribution is 7.99. The van der Waals surface area contributed by atoms with Crippen LogP contribution < -0.4 is 5.73 Å². The van der Waals surface area contributed by atoms with E-state index < -0.39 is 0 Å². The van der Waals surface area contributed by atoms with E-state index in [0.29, 0.717) is 0 Å². The van der Waals surface area contributed by atoms with Crippen LogP contribution in [0.5, 0.6) is 0 Å². The normalized spacial score (nSPS) is 13.4. The molecule has 3 heteroatoms. The maximum atomic E-state index is 5.61. The van der Waals surface area contributed by atoms with Crippen LogP contribution in [0.2, 0.25) is 0 Å². The van der Waals surface area contributed by atoms with E-state index >= 15 is 0 Å². The SMILES string of the molecule is Cc1occc1SC[C@H](C)N. The molecular formula is C8H13NOS. The summed E-state index contributed by atoms with van der Waals surface area (Å²) in [6.07, 6.45) is 1.71. The van der Waals surface area contributed by atoms with Crippen LogP contribution in [0.25, 0.3) is 0 Å². The molecule has 0 amide bonds. The fraction of sp³-hybridized carbons (Fsp3) is 0.500. The maximum absolute atomic E-state index is 5.61. The molecule has 1 atom stereocenters. The highest BCUT2D eigenvalue weighted by Crippen LogP contribution is 2.22. The Hall–Kier alpha value is -0.410. The summed E-state index contributed by atoms with van der Waals surface area (Å²) in [6, 6.07) is 2.22. The Balaban J connectivity index is 2.44. The zero-order valence-electron chi connectivity index (χ0n) is 6.83. The topological polar surface area (TPSA) is 39.2 Å². The number of hydrogen-bond donors (Lipinski definition) is 1. The monoisotopic (exact) mass is 171 g/mol. The third-order valence-corrected chi connectivity index (χ3v) is 2.74. The highest BCUT2D eigenvalue weighted by Gasteiger charge is 2.02. The summed E-state index contributed by atoms with van der Waals surface area (Å²) >= 11 is 1.74. The Kier molecular flexibility index (Phi) is 3.02. The summed E-state index contributed by atoms with van der Waals surface area (Å²) in [6.45, 7) is 3.96. The number of furan rings is 1. The van der Waals surface area contributed by atoms with Gasteiger partial charge in [-0.25, -0.2) is 0 Å². The highest BCUT2D eigenvalue weighted by atomic mass is 32.2. The Labute approximate surface area is 71.1 Å². The molecule has 2 N–H and O–H groups in total. The van der Waals surface area contributed by atoms with Crippen molar-refractivity contribution in [1.82, 2.24) is 0 Å². The molecular weight excluding hydrogens is 158 g/mol. The first-order valence-corrected chi connectivity index (χ1v) is 4.61. The zero-order chi connectivity index (χ0) is 8.27. The van der Waals surface area contributed by atoms with Crippen molar-refractivity contribution in [2.45, 2.75) is 24.8 Å². The van der Waals surface area contributed by atoms with Gasteiger partial charge in [0.05, 0.1) is 6.26 Å². The second-order valence-corrected chi connectivity index (χ2v) is 3.69. The third-order valence-electron chi connectivity index (χ3n) is 1.31. The van der Waals surface area contributed by atoms with E-state index in [1.54, 1.807) is 18.0 Å². The summed E-state index contributed by atoms with van der Waals surface area (Å²) in [5, 5.41) is 0. The molecule has 0 aromatic carbocycles. The standard InChI is InChI=1S/C8H13NOS/c1-6(9)5-11-8-3-4-10-7(8)2/h3-4,6H,5,9H2,1-2H3/t6-/m0/s1. The van der Waals surface area contributed by atoms with Gasteiger partial charge in [-0.1, -0.05) is 0 Å². The Morgan fingerprint density at radius 3 is 2.91 bits per heavy atom. The van der Waals surface area contributed by atoms with Gasteiger partial charge in [0.25, 0.3) is 0 Å². The fourth-order valence-corrected chi connectivity index (χ4v) is 1.59. The molecule has 0 bridgehead atoms. The largest absolute Gasteiger partial charge is 0.468 e. The molecule has 1 aromatic heterocycles. The van der Waals surface area contributed by atoms with E-state index in [4.69, 9.17) is 10.2 Å². The molecule has 0 aliphatic carbocycles. The molecule has 1 heterocycles. The second-order valence-electron chi connectivity index (χ2n) is 2.63. The fourth-order valence-electron chi connectivity index (χ4n) is 0.744. The third kappa shape index (κ3) is 2.60. The van der Waals surface area contributed by atoms with Crippen molar-refractivity contribution in [3.63, 3.8) is 0 Å². The quantitative estimate of drug-likeness (QED) is 0.707. The van der Waals surface area contributed by atoms with Crippen LogP contribution >= 0.6 is 11.8 Å². The second kappa shape index (κ2) is 3.83. The molecule has 0 aliphatic rings. The van der Waals surface area contributed by atoms with Crippen molar-refractivity contribution < 1.29 is 4.42 Å². The molecule has 0 unspecified atom stereocenters. The lowest BCUT2D eigenvalue weighted by atomic mass is 10.4. The lowest BCUT2D eigenvalue weighted by molar-refractivity contribution is 0.527. The van der Waals surface area contributed by atoms with Crippen LogP contribution in [0, 0.1) is 6.92 Å². The minimum absolute atomic E-state index is 0.245. The average molecular weight is 171 g/mol. The summed E-state index contributed by atoms with van der Waals surface area (Å²) in [5.41, 5.74) is 5.61. The minimum atomic E-state index is 0.245. The van der Waals surface area contributed by atoms with Crippen LogP contribution in [0.15, 0.2) is 21.6 Å². The number of thioether (sulfide) groups is 1. The van der Waals surface area contributed by atoms with Gasteiger partial charge in [-0.15, -0.1) is 11.8 Å². The molecule has 0 radical (unpaired) electrons. The smallest absolute Gasteiger partial charge is 0.114 e. The van der Waals surface area contributed by atoms with Crippen LogP contribution in [-0.2, 0) is 0 Å². The Morgan fingerprint density at radius 1 is 1.73 bits per heavy atom. The lowest BCUT2D eigenvalue weighted by Gasteiger charge is -2.02. The molecule has 62 valence electrons. The van der Waals surface area contributed by atoms with Crippen LogP contribution in [0.3, 0.4) is 0 Å². The van der Waals surface area contributed by atoms with E-state index in [2.05, 4.69) is 0 Å². The predicted molar refractivity (Wildman–Crippen MR) is 47.8 cm³/mol. The van der Waals surface area contributed by atoms with Crippen molar-refractivity contribution in [2.75, 3.05) is 5.75 Å². The summed E-state index contributed by atoms with van der Waals surface area (Å²) < 4.78 is 5.14. The Bertz CT molecular complexity index is 220. The van der Waals surface area contributed by atoms with Crippen LogP contribution in [0.1, 0.15) is 12.7 Å². The van der Waals surface area contributed by atoms with Gasteiger partial charge in [0.1, 0.15) is 5.76 Å². The molecule has 0 fully saturated rings. The number of hydrogen-bond acceptors (Lipinski definition) is 3. The first kappa shape index (κ1) is 8.68. The van der Waals surface area contributed by atoms with E-state index in [1.165, 1.54) is 4.90 Å². The predicted octanol–water partition coefficient (Wildman–Crippen LogP) is 2.03. The molecule has 2 nitrogen and oxygen atoms in total. The van der Waals surface area contributed by atoms with E-state index in [0.717, 1.165) is 11.5 Å². The van der Waals surface area contributed by atoms with Gasteiger partial charge < -0.3 is 10.2 Å². The van der Waals surface area contributed by atoms with Crippen LogP contribution in [-0.4, -0.2) is 11.8 Å². The molecule has 1 aromatic rings. The van der Waals surface area contributed by atoms with Crippen molar-refractivity contribution in [3.8, 4) is 0 Å². The van der Waals surface area contributed by atoms with Crippen molar-refractivity contribution in [1.29, 1.82) is 0 Å². The number of nitrogens with two attached hydrogens (primary N) is 1. The van der Waals surface area contributed by atoms with Crippen molar-refractivity contribution >= 4 is 11.8 Å². The van der Waals surface area contributed by atoms with E-state index in [1.807, 2.05) is 19.9 Å². The van der Waals surface area contributed by atoms with Crippen LogP contribution in [0.4, 0.5) is 0 Å². The maximum Gasteiger partial charge on any atom is 0.114 e. The molecule has 0 spiro atoms. The summed E-state index contributed by atoms with van der Waals surface area (Å²) in [4.78, 5) is 1.20. The van der Waals surface area contributed by atoms with Gasteiger partial charge in [0.2, 0.25) is 0 Å². The van der Waals surface area contributed by atoms with Gasteiger partial charge in [0.15, 0.2) is 0 Å². The van der Waals surface area contributed by atoms with Crippen molar-refractivity contribution in [2.24, 2.45) is 5.73 Å². The zero-order valence-corrected chi connectivity index (χ0v) is 7.65. The van der Waals surface area contributed by atoms with Crippen molar-refractivity contribution in [3.05, 3.63) is 18.1 Å². The molecule has 0 saturated carbocycles. The summed E-state index contributed by atoms with van der Waals surface area (Å²) in [7, 11) is 0. The Morgan fingerprint density at radius 2 is 2.45 bits per heavy atom. The van der Waals surface area contributed by atoms with E-state index in [9.17, 15) is 0 Å². The van der Waals surface area contributed by atoms with Gasteiger partial charge in [-0.2, -0.15) is 0 Å². The first-order valence-electron chi connectivity index (χ1n) is 3.62. The van der Waals surface area contributed by atoms with E-state index in [-0.39, 0.29) is 6.04 Å². The van der Waals surface area contributed by atoms with Gasteiger partial charge >= 0.3 is 0 Å². The minimum Gasteiger partial charge on any atom is -0.468 e. The first-order chi connectivity index (χ1) is 5.20. The molecule has 0 aliphatic heterocycles. The number of aryl methyl sites for hydroxylation is 1. The molecule has 11 heavy (non-hydrogen) atoms. The lowest BCUT2D eigenvalue weighted by Crippen LogP contribution is -2.17. The average Bonchev–Trinajstić information content (AvgIpc) is 2.31. The summed E-state index contributed by atoms with van der Waals surface area (Å²) in [5.74, 6) is 1.93. The molecule has 0 saturated heterocycles. The molecule has 1 rings (SSSR count). The van der Waals surface area contributed by atoms with Gasteiger partial charge in [-0.05, 0) is 19.9 Å². The van der Waals surface area contributed by atoms with Gasteiger partial charge in [0, 0.05) is 16.7 Å². The van der Waals surface area contributed by atoms with Gasteiger partial charge in [-0.3, -0.25) is 0 Å².